The fourth-order valence-corrected chi connectivity index (χ4v) is 5.22. The lowest BCUT2D eigenvalue weighted by Crippen LogP contribution is -2.23. The van der Waals surface area contributed by atoms with E-state index >= 15 is 0 Å². The minimum atomic E-state index is -0.0122. The molecule has 0 bridgehead atoms. The van der Waals surface area contributed by atoms with Gasteiger partial charge in [0.15, 0.2) is 0 Å². The zero-order valence-corrected chi connectivity index (χ0v) is 16.6. The largest absolute Gasteiger partial charge is 0.394 e. The van der Waals surface area contributed by atoms with Crippen LogP contribution in [0.4, 0.5) is 5.82 Å². The van der Waals surface area contributed by atoms with E-state index in [0.717, 1.165) is 52.2 Å². The van der Waals surface area contributed by atoms with E-state index in [1.165, 1.54) is 22.1 Å². The fraction of sp³-hybridized carbons (Fsp3) is 0.318. The van der Waals surface area contributed by atoms with Crippen LogP contribution < -0.4 is 5.32 Å². The average molecular weight is 391 g/mol. The Morgan fingerprint density at radius 3 is 2.75 bits per heavy atom. The molecule has 0 radical (unpaired) electrons. The van der Waals surface area contributed by atoms with Gasteiger partial charge in [-0.3, -0.25) is 0 Å². The number of thiophene rings is 1. The zero-order valence-electron chi connectivity index (χ0n) is 15.8. The number of hydrogen-bond donors (Lipinski definition) is 2. The van der Waals surface area contributed by atoms with Gasteiger partial charge in [-0.05, 0) is 36.8 Å². The first-order chi connectivity index (χ1) is 13.8. The van der Waals surface area contributed by atoms with Crippen molar-refractivity contribution >= 4 is 37.6 Å². The van der Waals surface area contributed by atoms with Gasteiger partial charge in [0.1, 0.15) is 17.0 Å². The van der Waals surface area contributed by atoms with E-state index in [1.54, 1.807) is 17.7 Å². The van der Waals surface area contributed by atoms with Gasteiger partial charge >= 0.3 is 0 Å². The Hall–Kier alpha value is -2.57. The van der Waals surface area contributed by atoms with E-state index in [0.29, 0.717) is 0 Å². The molecule has 3 heterocycles. The topological polar surface area (TPSA) is 70.9 Å². The summed E-state index contributed by atoms with van der Waals surface area (Å²) in [6.07, 6.45) is 5.75. The molecule has 1 aliphatic carbocycles. The molecule has 4 aromatic rings. The van der Waals surface area contributed by atoms with Crippen molar-refractivity contribution in [3.8, 4) is 11.3 Å². The Kier molecular flexibility index (Phi) is 4.45. The SMILES string of the molecule is CC[C@@H](CO)Nc1ncnc2c1sc1nc(-c3ccccc3)c3c(c12)CCC3. The number of pyridine rings is 1. The predicted molar refractivity (Wildman–Crippen MR) is 115 cm³/mol. The number of aromatic nitrogens is 3. The number of hydrogen-bond acceptors (Lipinski definition) is 6. The van der Waals surface area contributed by atoms with Gasteiger partial charge in [-0.15, -0.1) is 11.3 Å². The van der Waals surface area contributed by atoms with Crippen molar-refractivity contribution in [2.75, 3.05) is 11.9 Å². The van der Waals surface area contributed by atoms with Crippen LogP contribution in [0.5, 0.6) is 0 Å². The Labute approximate surface area is 167 Å². The molecule has 1 aromatic carbocycles. The molecule has 142 valence electrons. The number of anilines is 1. The minimum absolute atomic E-state index is 0.0122. The molecule has 3 aromatic heterocycles. The third-order valence-electron chi connectivity index (χ3n) is 5.57. The second-order valence-corrected chi connectivity index (χ2v) is 8.25. The number of aryl methyl sites for hydroxylation is 1. The molecule has 5 rings (SSSR count). The first-order valence-corrected chi connectivity index (χ1v) is 10.6. The summed E-state index contributed by atoms with van der Waals surface area (Å²) in [6, 6.07) is 10.4. The number of nitrogens with one attached hydrogen (secondary N) is 1. The first-order valence-electron chi connectivity index (χ1n) is 9.82. The molecule has 6 heteroatoms. The van der Waals surface area contributed by atoms with Crippen molar-refractivity contribution < 1.29 is 5.11 Å². The number of benzene rings is 1. The van der Waals surface area contributed by atoms with Crippen molar-refractivity contribution in [1.29, 1.82) is 0 Å². The number of aliphatic hydroxyl groups excluding tert-OH is 1. The third-order valence-corrected chi connectivity index (χ3v) is 6.65. The summed E-state index contributed by atoms with van der Waals surface area (Å²) in [4.78, 5) is 15.2. The van der Waals surface area contributed by atoms with Gasteiger partial charge in [-0.1, -0.05) is 37.3 Å². The lowest BCUT2D eigenvalue weighted by Gasteiger charge is -2.14. The maximum absolute atomic E-state index is 9.57. The van der Waals surface area contributed by atoms with Crippen LogP contribution in [0.1, 0.15) is 30.9 Å². The van der Waals surface area contributed by atoms with Crippen LogP contribution in [-0.2, 0) is 12.8 Å². The molecule has 5 nitrogen and oxygen atoms in total. The molecule has 0 fully saturated rings. The molecule has 0 saturated heterocycles. The maximum Gasteiger partial charge on any atom is 0.147 e. The van der Waals surface area contributed by atoms with E-state index in [2.05, 4.69) is 46.5 Å². The highest BCUT2D eigenvalue weighted by Gasteiger charge is 2.25. The van der Waals surface area contributed by atoms with E-state index in [4.69, 9.17) is 4.98 Å². The van der Waals surface area contributed by atoms with Crippen LogP contribution in [-0.4, -0.2) is 32.7 Å². The zero-order chi connectivity index (χ0) is 19.1. The highest BCUT2D eigenvalue weighted by Crippen LogP contribution is 2.43. The Bertz CT molecular complexity index is 1150. The van der Waals surface area contributed by atoms with Crippen molar-refractivity contribution in [2.24, 2.45) is 0 Å². The summed E-state index contributed by atoms with van der Waals surface area (Å²) in [5.41, 5.74) is 6.03. The number of fused-ring (bicyclic) bond motifs is 5. The average Bonchev–Trinajstić information content (AvgIpc) is 3.36. The fourth-order valence-electron chi connectivity index (χ4n) is 4.11. The molecule has 0 aliphatic heterocycles. The van der Waals surface area contributed by atoms with Gasteiger partial charge in [-0.25, -0.2) is 15.0 Å². The summed E-state index contributed by atoms with van der Waals surface area (Å²) in [7, 11) is 0. The normalized spacial score (nSPS) is 14.5. The smallest absolute Gasteiger partial charge is 0.147 e. The van der Waals surface area contributed by atoms with E-state index in [1.807, 2.05) is 6.07 Å². The van der Waals surface area contributed by atoms with Gasteiger partial charge in [0.25, 0.3) is 0 Å². The summed E-state index contributed by atoms with van der Waals surface area (Å²) in [5, 5.41) is 14.1. The third kappa shape index (κ3) is 2.75. The van der Waals surface area contributed by atoms with Crippen LogP contribution in [0.3, 0.4) is 0 Å². The summed E-state index contributed by atoms with van der Waals surface area (Å²) >= 11 is 1.65. The van der Waals surface area contributed by atoms with Gasteiger partial charge in [0.05, 0.1) is 28.6 Å². The standard InChI is InChI=1S/C22H22N4OS/c1-2-14(11-27)25-21-20-19(23-12-24-21)17-15-9-6-10-16(15)18(26-22(17)28-20)13-7-4-3-5-8-13/h3-5,7-8,12,14,27H,2,6,9-11H2,1H3,(H,23,24,25)/t14-/m0/s1. The highest BCUT2D eigenvalue weighted by atomic mass is 32.1. The minimum Gasteiger partial charge on any atom is -0.394 e. The second kappa shape index (κ2) is 7.11. The molecule has 0 amide bonds. The molecule has 28 heavy (non-hydrogen) atoms. The van der Waals surface area contributed by atoms with Gasteiger partial charge in [-0.2, -0.15) is 0 Å². The summed E-state index contributed by atoms with van der Waals surface area (Å²) < 4.78 is 1.02. The van der Waals surface area contributed by atoms with Crippen LogP contribution >= 0.6 is 11.3 Å². The predicted octanol–water partition coefficient (Wildman–Crippen LogP) is 4.58. The molecule has 1 aliphatic rings. The van der Waals surface area contributed by atoms with Crippen LogP contribution in [0, 0.1) is 0 Å². The van der Waals surface area contributed by atoms with Crippen molar-refractivity contribution in [3.05, 3.63) is 47.8 Å². The number of aliphatic hydroxyl groups is 1. The monoisotopic (exact) mass is 390 g/mol. The molecule has 0 saturated carbocycles. The van der Waals surface area contributed by atoms with Crippen molar-refractivity contribution in [1.82, 2.24) is 15.0 Å². The summed E-state index contributed by atoms with van der Waals surface area (Å²) in [6.45, 7) is 2.14. The molecular weight excluding hydrogens is 368 g/mol. The first kappa shape index (κ1) is 17.5. The number of rotatable bonds is 5. The molecule has 2 N–H and O–H groups in total. The summed E-state index contributed by atoms with van der Waals surface area (Å²) in [5.74, 6) is 0.793. The van der Waals surface area contributed by atoms with Gasteiger partial charge < -0.3 is 10.4 Å². The number of nitrogens with zero attached hydrogens (tertiary/aromatic N) is 3. The van der Waals surface area contributed by atoms with Gasteiger partial charge in [0, 0.05) is 10.9 Å². The Balaban J connectivity index is 1.76. The Morgan fingerprint density at radius 2 is 1.96 bits per heavy atom. The van der Waals surface area contributed by atoms with Crippen LogP contribution in [0.15, 0.2) is 36.7 Å². The van der Waals surface area contributed by atoms with Gasteiger partial charge in [0.2, 0.25) is 0 Å². The van der Waals surface area contributed by atoms with Crippen LogP contribution in [0.2, 0.25) is 0 Å². The molecule has 0 spiro atoms. The Morgan fingerprint density at radius 1 is 1.14 bits per heavy atom. The van der Waals surface area contributed by atoms with E-state index in [-0.39, 0.29) is 12.6 Å². The quantitative estimate of drug-likeness (QED) is 0.522. The van der Waals surface area contributed by atoms with Crippen molar-refractivity contribution in [2.45, 2.75) is 38.6 Å². The molecule has 1 atom stereocenters. The maximum atomic E-state index is 9.57. The molecule has 0 unspecified atom stereocenters. The lowest BCUT2D eigenvalue weighted by atomic mass is 10.0. The van der Waals surface area contributed by atoms with Crippen LogP contribution in [0.25, 0.3) is 31.7 Å². The molecular formula is C22H22N4OS. The van der Waals surface area contributed by atoms with E-state index in [9.17, 15) is 5.11 Å². The van der Waals surface area contributed by atoms with Crippen molar-refractivity contribution in [3.63, 3.8) is 0 Å². The second-order valence-electron chi connectivity index (χ2n) is 7.25. The highest BCUT2D eigenvalue weighted by molar-refractivity contribution is 7.26. The van der Waals surface area contributed by atoms with E-state index < -0.39 is 0 Å². The lowest BCUT2D eigenvalue weighted by molar-refractivity contribution is 0.271.